The molecular weight excluding hydrogens is 550 g/mol. The van der Waals surface area contributed by atoms with Crippen LogP contribution in [-0.4, -0.2) is 159 Å². The number of carboxylic acid groups (broad SMARTS) is 3. The zero-order valence-corrected chi connectivity index (χ0v) is 24.1. The van der Waals surface area contributed by atoms with Crippen LogP contribution in [0.2, 0.25) is 0 Å². The Hall–Kier alpha value is -2.89. The van der Waals surface area contributed by atoms with E-state index in [1.165, 1.54) is 4.90 Å². The molecule has 0 saturated carbocycles. The van der Waals surface area contributed by atoms with Gasteiger partial charge in [0.2, 0.25) is 5.91 Å². The lowest BCUT2D eigenvalue weighted by atomic mass is 10.2. The van der Waals surface area contributed by atoms with Crippen molar-refractivity contribution in [3.8, 4) is 0 Å². The average Bonchev–Trinajstić information content (AvgIpc) is 2.82. The zero-order chi connectivity index (χ0) is 31.1. The maximum Gasteiger partial charge on any atom is 0.317 e. The summed E-state index contributed by atoms with van der Waals surface area (Å²) in [5.74, 6) is -4.39. The molecule has 16 nitrogen and oxygen atoms in total. The highest BCUT2D eigenvalue weighted by Crippen LogP contribution is 2.08. The van der Waals surface area contributed by atoms with E-state index in [4.69, 9.17) is 39.0 Å². The number of aliphatic carboxylic acids is 3. The molecule has 0 aromatic rings. The lowest BCUT2D eigenvalue weighted by Crippen LogP contribution is -2.45. The Balaban J connectivity index is 3.85. The van der Waals surface area contributed by atoms with Crippen LogP contribution >= 0.6 is 0 Å². The summed E-state index contributed by atoms with van der Waals surface area (Å²) in [6.45, 7) is 6.24. The third-order valence-corrected chi connectivity index (χ3v) is 4.73. The summed E-state index contributed by atoms with van der Waals surface area (Å²) in [5, 5.41) is 29.5. The highest BCUT2D eigenvalue weighted by Gasteiger charge is 2.18. The summed E-state index contributed by atoms with van der Waals surface area (Å²) in [6.07, 6.45) is 0.179. The quantitative estimate of drug-likeness (QED) is 0.0680. The summed E-state index contributed by atoms with van der Waals surface area (Å²) >= 11 is 0. The first kappa shape index (κ1) is 38.1. The van der Waals surface area contributed by atoms with Gasteiger partial charge in [-0.1, -0.05) is 0 Å². The van der Waals surface area contributed by atoms with Crippen molar-refractivity contribution in [2.75, 3.05) is 98.7 Å². The summed E-state index contributed by atoms with van der Waals surface area (Å²) in [7, 11) is 0. The van der Waals surface area contributed by atoms with Crippen molar-refractivity contribution in [1.82, 2.24) is 15.1 Å². The van der Waals surface area contributed by atoms with E-state index in [1.807, 2.05) is 0 Å². The smallest absolute Gasteiger partial charge is 0.317 e. The standard InChI is InChI=1S/C25H45N3O13/c1-25(2,3)41-24(36)4-8-37-10-12-39-14-15-40-13-11-38-9-5-26-20(29)16-27(17-21(30)31)6-7-28(18-22(32)33)19-23(34)35/h4-19H2,1-3H3,(H,26,29)(H,30,31)(H,32,33)(H,34,35). The predicted molar refractivity (Wildman–Crippen MR) is 143 cm³/mol. The van der Waals surface area contributed by atoms with Gasteiger partial charge in [-0.25, -0.2) is 0 Å². The Morgan fingerprint density at radius 1 is 0.610 bits per heavy atom. The molecule has 0 heterocycles. The molecule has 0 rings (SSSR count). The molecule has 0 unspecified atom stereocenters. The van der Waals surface area contributed by atoms with E-state index in [-0.39, 0.29) is 58.4 Å². The molecular formula is C25H45N3O13. The second-order valence-corrected chi connectivity index (χ2v) is 9.74. The second-order valence-electron chi connectivity index (χ2n) is 9.74. The Morgan fingerprint density at radius 2 is 1.00 bits per heavy atom. The zero-order valence-electron chi connectivity index (χ0n) is 24.1. The number of carbonyl (C=O) groups is 5. The maximum absolute atomic E-state index is 12.2. The number of hydrogen-bond donors (Lipinski definition) is 4. The van der Waals surface area contributed by atoms with Gasteiger partial charge in [0, 0.05) is 19.6 Å². The van der Waals surface area contributed by atoms with Crippen LogP contribution in [0.3, 0.4) is 0 Å². The molecule has 0 aromatic carbocycles. The molecule has 0 atom stereocenters. The minimum Gasteiger partial charge on any atom is -0.480 e. The molecule has 4 N–H and O–H groups in total. The Labute approximate surface area is 239 Å². The minimum atomic E-state index is -1.22. The third kappa shape index (κ3) is 27.1. The minimum absolute atomic E-state index is 0.0149. The molecule has 238 valence electrons. The fourth-order valence-electron chi connectivity index (χ4n) is 3.12. The van der Waals surface area contributed by atoms with Crippen LogP contribution in [0.1, 0.15) is 27.2 Å². The molecule has 0 radical (unpaired) electrons. The van der Waals surface area contributed by atoms with E-state index < -0.39 is 49.1 Å². The number of nitrogens with one attached hydrogen (secondary N) is 1. The van der Waals surface area contributed by atoms with Crippen LogP contribution in [0.15, 0.2) is 0 Å². The lowest BCUT2D eigenvalue weighted by molar-refractivity contribution is -0.156. The van der Waals surface area contributed by atoms with Gasteiger partial charge >= 0.3 is 23.9 Å². The van der Waals surface area contributed by atoms with Crippen LogP contribution in [0, 0.1) is 0 Å². The number of nitrogens with zero attached hydrogens (tertiary/aromatic N) is 2. The van der Waals surface area contributed by atoms with E-state index in [9.17, 15) is 24.0 Å². The number of amides is 1. The molecule has 0 spiro atoms. The number of carbonyl (C=O) groups excluding carboxylic acids is 2. The van der Waals surface area contributed by atoms with Crippen LogP contribution in [0.4, 0.5) is 0 Å². The normalized spacial score (nSPS) is 11.5. The number of carboxylic acids is 3. The molecule has 0 aliphatic rings. The van der Waals surface area contributed by atoms with Crippen molar-refractivity contribution in [2.45, 2.75) is 32.8 Å². The Bertz CT molecular complexity index is 773. The molecule has 0 aliphatic heterocycles. The van der Waals surface area contributed by atoms with Crippen LogP contribution < -0.4 is 5.32 Å². The monoisotopic (exact) mass is 595 g/mol. The molecule has 0 bridgehead atoms. The summed E-state index contributed by atoms with van der Waals surface area (Å²) in [6, 6.07) is 0. The van der Waals surface area contributed by atoms with Gasteiger partial charge in [-0.15, -0.1) is 0 Å². The SMILES string of the molecule is CC(C)(C)OC(=O)CCOCCOCCOCCOCCNC(=O)CN(CCN(CC(=O)O)CC(=O)O)CC(=O)O. The molecule has 1 amide bonds. The van der Waals surface area contributed by atoms with Crippen LogP contribution in [0.25, 0.3) is 0 Å². The van der Waals surface area contributed by atoms with Gasteiger partial charge in [-0.2, -0.15) is 0 Å². The number of rotatable bonds is 26. The van der Waals surface area contributed by atoms with Gasteiger partial charge in [-0.3, -0.25) is 33.8 Å². The summed E-state index contributed by atoms with van der Waals surface area (Å²) < 4.78 is 26.6. The molecule has 0 aromatic heterocycles. The van der Waals surface area contributed by atoms with E-state index in [0.29, 0.717) is 33.0 Å². The molecule has 0 fully saturated rings. The molecule has 41 heavy (non-hydrogen) atoms. The molecule has 0 saturated heterocycles. The third-order valence-electron chi connectivity index (χ3n) is 4.73. The van der Waals surface area contributed by atoms with Crippen LogP contribution in [0.5, 0.6) is 0 Å². The Morgan fingerprint density at radius 3 is 1.41 bits per heavy atom. The lowest BCUT2D eigenvalue weighted by Gasteiger charge is -2.24. The fourth-order valence-corrected chi connectivity index (χ4v) is 3.12. The number of hydrogen-bond acceptors (Lipinski definition) is 12. The summed E-state index contributed by atoms with van der Waals surface area (Å²) in [5.41, 5.74) is -0.515. The van der Waals surface area contributed by atoms with Crippen molar-refractivity contribution in [3.63, 3.8) is 0 Å². The van der Waals surface area contributed by atoms with E-state index in [0.717, 1.165) is 4.90 Å². The first-order chi connectivity index (χ1) is 19.3. The van der Waals surface area contributed by atoms with E-state index in [2.05, 4.69) is 5.32 Å². The highest BCUT2D eigenvalue weighted by atomic mass is 16.6. The van der Waals surface area contributed by atoms with Crippen molar-refractivity contribution >= 4 is 29.8 Å². The van der Waals surface area contributed by atoms with Crippen LogP contribution in [-0.2, 0) is 47.7 Å². The fraction of sp³-hybridized carbons (Fsp3) is 0.800. The van der Waals surface area contributed by atoms with E-state index in [1.54, 1.807) is 20.8 Å². The first-order valence-corrected chi connectivity index (χ1v) is 13.2. The highest BCUT2D eigenvalue weighted by molar-refractivity contribution is 5.79. The van der Waals surface area contributed by atoms with Crippen molar-refractivity contribution in [2.24, 2.45) is 0 Å². The van der Waals surface area contributed by atoms with Gasteiger partial charge in [0.25, 0.3) is 0 Å². The second kappa shape index (κ2) is 22.8. The summed E-state index contributed by atoms with van der Waals surface area (Å²) in [4.78, 5) is 59.0. The topological polar surface area (TPSA) is 211 Å². The van der Waals surface area contributed by atoms with Gasteiger partial charge in [0.1, 0.15) is 5.60 Å². The van der Waals surface area contributed by atoms with Gasteiger partial charge in [-0.05, 0) is 20.8 Å². The van der Waals surface area contributed by atoms with Crippen molar-refractivity contribution < 1.29 is 63.0 Å². The molecule has 0 aliphatic carbocycles. The largest absolute Gasteiger partial charge is 0.480 e. The first-order valence-electron chi connectivity index (χ1n) is 13.2. The van der Waals surface area contributed by atoms with Crippen molar-refractivity contribution in [3.05, 3.63) is 0 Å². The van der Waals surface area contributed by atoms with Gasteiger partial charge in [0.15, 0.2) is 0 Å². The van der Waals surface area contributed by atoms with E-state index >= 15 is 0 Å². The maximum atomic E-state index is 12.2. The average molecular weight is 596 g/mol. The van der Waals surface area contributed by atoms with Crippen molar-refractivity contribution in [1.29, 1.82) is 0 Å². The van der Waals surface area contributed by atoms with Gasteiger partial charge in [0.05, 0.1) is 85.5 Å². The molecule has 16 heteroatoms. The number of esters is 1. The predicted octanol–water partition coefficient (Wildman–Crippen LogP) is -1.24. The van der Waals surface area contributed by atoms with Gasteiger partial charge < -0.3 is 44.3 Å². The number of ether oxygens (including phenoxy) is 5. The Kier molecular flexibility index (Phi) is 21.2.